The van der Waals surface area contributed by atoms with Crippen molar-refractivity contribution < 1.29 is 9.47 Å². The highest BCUT2D eigenvalue weighted by Gasteiger charge is 2.11. The number of hydrogen-bond acceptors (Lipinski definition) is 5. The fourth-order valence-electron chi connectivity index (χ4n) is 1.73. The molecule has 0 aliphatic heterocycles. The van der Waals surface area contributed by atoms with Gasteiger partial charge in [0.15, 0.2) is 11.6 Å². The van der Waals surface area contributed by atoms with Gasteiger partial charge in [-0.1, -0.05) is 27.2 Å². The van der Waals surface area contributed by atoms with Crippen LogP contribution in [0, 0.1) is 0 Å². The van der Waals surface area contributed by atoms with Gasteiger partial charge in [-0.05, 0) is 12.8 Å². The van der Waals surface area contributed by atoms with Gasteiger partial charge in [0.05, 0.1) is 12.3 Å². The molecule has 0 bridgehead atoms. The lowest BCUT2D eigenvalue weighted by Crippen LogP contribution is -2.20. The maximum Gasteiger partial charge on any atom is 0.179 e. The normalized spacial score (nSPS) is 12.2. The van der Waals surface area contributed by atoms with Gasteiger partial charge in [0.25, 0.3) is 0 Å². The number of nitrogens with one attached hydrogen (secondary N) is 1. The molecule has 1 rings (SSSR count). The Bertz CT molecular complexity index is 381. The number of anilines is 1. The Labute approximate surface area is 122 Å². The van der Waals surface area contributed by atoms with Gasteiger partial charge in [-0.15, -0.1) is 0 Å². The third kappa shape index (κ3) is 5.33. The molecule has 1 N–H and O–H groups in total. The van der Waals surface area contributed by atoms with E-state index < -0.39 is 0 Å². The lowest BCUT2D eigenvalue weighted by Gasteiger charge is -2.16. The second-order valence-corrected chi connectivity index (χ2v) is 4.71. The van der Waals surface area contributed by atoms with Crippen molar-refractivity contribution in [1.82, 2.24) is 9.97 Å². The van der Waals surface area contributed by atoms with Crippen molar-refractivity contribution >= 4 is 5.82 Å². The summed E-state index contributed by atoms with van der Waals surface area (Å²) in [5, 5.41) is 3.33. The van der Waals surface area contributed by atoms with E-state index in [4.69, 9.17) is 9.47 Å². The zero-order valence-electron chi connectivity index (χ0n) is 13.1. The molecule has 1 aromatic heterocycles. The van der Waals surface area contributed by atoms with E-state index in [0.717, 1.165) is 43.9 Å². The Morgan fingerprint density at radius 1 is 1.30 bits per heavy atom. The number of aromatic nitrogens is 2. The summed E-state index contributed by atoms with van der Waals surface area (Å²) in [5.41, 5.74) is 0. The molecule has 1 unspecified atom stereocenters. The molecule has 0 aromatic carbocycles. The van der Waals surface area contributed by atoms with Gasteiger partial charge in [0.1, 0.15) is 12.4 Å². The van der Waals surface area contributed by atoms with E-state index in [0.29, 0.717) is 12.4 Å². The van der Waals surface area contributed by atoms with E-state index in [1.54, 1.807) is 13.3 Å². The summed E-state index contributed by atoms with van der Waals surface area (Å²) in [7, 11) is 1.70. The molecule has 0 amide bonds. The van der Waals surface area contributed by atoms with Crippen LogP contribution in [-0.2, 0) is 11.2 Å². The molecule has 20 heavy (non-hydrogen) atoms. The van der Waals surface area contributed by atoms with Crippen molar-refractivity contribution in [3.8, 4) is 5.75 Å². The first kappa shape index (κ1) is 16.7. The molecule has 0 spiro atoms. The Kier molecular flexibility index (Phi) is 7.95. The summed E-state index contributed by atoms with van der Waals surface area (Å²) in [5.74, 6) is 2.32. The fourth-order valence-corrected chi connectivity index (χ4v) is 1.73. The number of nitrogens with zero attached hydrogens (tertiary/aromatic N) is 2. The van der Waals surface area contributed by atoms with Crippen molar-refractivity contribution in [1.29, 1.82) is 0 Å². The largest absolute Gasteiger partial charge is 0.485 e. The van der Waals surface area contributed by atoms with Crippen molar-refractivity contribution in [3.05, 3.63) is 12.0 Å². The maximum absolute atomic E-state index is 5.80. The zero-order chi connectivity index (χ0) is 14.8. The SMILES string of the molecule is CCCCNc1nc(CC)ncc1OCC(CC)OC. The molecule has 1 aromatic rings. The first-order valence-corrected chi connectivity index (χ1v) is 7.50. The molecule has 0 aliphatic carbocycles. The highest BCUT2D eigenvalue weighted by Crippen LogP contribution is 2.21. The standard InChI is InChI=1S/C15H27N3O2/c1-5-8-9-16-15-13(10-17-14(7-3)18-15)20-11-12(6-2)19-4/h10,12H,5-9,11H2,1-4H3,(H,16,17,18). The summed E-state index contributed by atoms with van der Waals surface area (Å²) in [4.78, 5) is 8.80. The van der Waals surface area contributed by atoms with Crippen LogP contribution in [0.3, 0.4) is 0 Å². The van der Waals surface area contributed by atoms with Crippen LogP contribution in [0.5, 0.6) is 5.75 Å². The molecule has 0 saturated carbocycles. The molecule has 0 saturated heterocycles. The van der Waals surface area contributed by atoms with Crippen LogP contribution in [0.1, 0.15) is 45.9 Å². The summed E-state index contributed by atoms with van der Waals surface area (Å²) in [6, 6.07) is 0. The van der Waals surface area contributed by atoms with Gasteiger partial charge in [-0.25, -0.2) is 9.97 Å². The number of rotatable bonds is 10. The highest BCUT2D eigenvalue weighted by atomic mass is 16.5. The van der Waals surface area contributed by atoms with Gasteiger partial charge in [0.2, 0.25) is 0 Å². The number of hydrogen-bond donors (Lipinski definition) is 1. The molecule has 114 valence electrons. The molecule has 1 heterocycles. The molecule has 0 fully saturated rings. The molecule has 5 nitrogen and oxygen atoms in total. The summed E-state index contributed by atoms with van der Waals surface area (Å²) in [6.45, 7) is 7.71. The predicted octanol–water partition coefficient (Wildman–Crippen LogP) is 3.05. The minimum Gasteiger partial charge on any atom is -0.485 e. The Morgan fingerprint density at radius 3 is 2.70 bits per heavy atom. The monoisotopic (exact) mass is 281 g/mol. The molecular formula is C15H27N3O2. The minimum absolute atomic E-state index is 0.101. The summed E-state index contributed by atoms with van der Waals surface area (Å²) < 4.78 is 11.1. The molecule has 0 radical (unpaired) electrons. The average molecular weight is 281 g/mol. The second-order valence-electron chi connectivity index (χ2n) is 4.71. The second kappa shape index (κ2) is 9.53. The topological polar surface area (TPSA) is 56.3 Å². The average Bonchev–Trinajstić information content (AvgIpc) is 2.49. The third-order valence-electron chi connectivity index (χ3n) is 3.16. The number of aryl methyl sites for hydroxylation is 1. The molecule has 0 aliphatic rings. The Balaban J connectivity index is 2.71. The van der Waals surface area contributed by atoms with Crippen LogP contribution >= 0.6 is 0 Å². The number of ether oxygens (including phenoxy) is 2. The van der Waals surface area contributed by atoms with Crippen LogP contribution in [0.15, 0.2) is 6.20 Å². The fraction of sp³-hybridized carbons (Fsp3) is 0.733. The molecular weight excluding hydrogens is 254 g/mol. The Morgan fingerprint density at radius 2 is 2.10 bits per heavy atom. The molecule has 1 atom stereocenters. The first-order chi connectivity index (χ1) is 9.74. The minimum atomic E-state index is 0.101. The molecule has 5 heteroatoms. The Hall–Kier alpha value is -1.36. The van der Waals surface area contributed by atoms with Crippen molar-refractivity contribution in [3.63, 3.8) is 0 Å². The highest BCUT2D eigenvalue weighted by molar-refractivity contribution is 5.48. The number of unbranched alkanes of at least 4 members (excludes halogenated alkanes) is 1. The van der Waals surface area contributed by atoms with Crippen LogP contribution < -0.4 is 10.1 Å². The van der Waals surface area contributed by atoms with E-state index in [1.807, 2.05) is 6.92 Å². The van der Waals surface area contributed by atoms with Crippen molar-refractivity contribution in [2.45, 2.75) is 52.6 Å². The van der Waals surface area contributed by atoms with Crippen LogP contribution in [0.2, 0.25) is 0 Å². The first-order valence-electron chi connectivity index (χ1n) is 7.50. The van der Waals surface area contributed by atoms with Crippen molar-refractivity contribution in [2.75, 3.05) is 25.6 Å². The quantitative estimate of drug-likeness (QED) is 0.668. The van der Waals surface area contributed by atoms with Gasteiger partial charge in [-0.3, -0.25) is 0 Å². The van der Waals surface area contributed by atoms with Crippen LogP contribution in [-0.4, -0.2) is 36.3 Å². The van der Waals surface area contributed by atoms with E-state index in [9.17, 15) is 0 Å². The van der Waals surface area contributed by atoms with Crippen molar-refractivity contribution in [2.24, 2.45) is 0 Å². The van der Waals surface area contributed by atoms with E-state index in [-0.39, 0.29) is 6.10 Å². The third-order valence-corrected chi connectivity index (χ3v) is 3.16. The number of methoxy groups -OCH3 is 1. The zero-order valence-corrected chi connectivity index (χ0v) is 13.1. The predicted molar refractivity (Wildman–Crippen MR) is 81.4 cm³/mol. The summed E-state index contributed by atoms with van der Waals surface area (Å²) >= 11 is 0. The maximum atomic E-state index is 5.80. The van der Waals surface area contributed by atoms with Gasteiger partial charge in [0, 0.05) is 20.1 Å². The van der Waals surface area contributed by atoms with Crippen LogP contribution in [0.4, 0.5) is 5.82 Å². The van der Waals surface area contributed by atoms with Gasteiger partial charge >= 0.3 is 0 Å². The van der Waals surface area contributed by atoms with Gasteiger partial charge in [-0.2, -0.15) is 0 Å². The summed E-state index contributed by atoms with van der Waals surface area (Å²) in [6.07, 6.45) is 5.85. The van der Waals surface area contributed by atoms with E-state index in [1.165, 1.54) is 0 Å². The lowest BCUT2D eigenvalue weighted by atomic mass is 10.3. The van der Waals surface area contributed by atoms with Gasteiger partial charge < -0.3 is 14.8 Å². The van der Waals surface area contributed by atoms with E-state index >= 15 is 0 Å². The smallest absolute Gasteiger partial charge is 0.179 e. The van der Waals surface area contributed by atoms with Crippen LogP contribution in [0.25, 0.3) is 0 Å². The van der Waals surface area contributed by atoms with E-state index in [2.05, 4.69) is 29.1 Å². The lowest BCUT2D eigenvalue weighted by molar-refractivity contribution is 0.0556.